The predicted molar refractivity (Wildman–Crippen MR) is 136 cm³/mol. The maximum Gasteiger partial charge on any atom is 0.277 e. The Morgan fingerprint density at radius 3 is 2.68 bits per heavy atom. The molecule has 0 spiro atoms. The van der Waals surface area contributed by atoms with Crippen LogP contribution in [0.3, 0.4) is 0 Å². The third-order valence-corrected chi connectivity index (χ3v) is 7.29. The molecule has 0 aliphatic carbocycles. The molecule has 0 saturated heterocycles. The van der Waals surface area contributed by atoms with Crippen molar-refractivity contribution in [1.29, 1.82) is 0 Å². The lowest BCUT2D eigenvalue weighted by Crippen LogP contribution is -2.29. The van der Waals surface area contributed by atoms with Crippen molar-refractivity contribution in [1.82, 2.24) is 19.5 Å². The molecule has 0 atom stereocenters. The molecule has 1 amide bonds. The Bertz CT molecular complexity index is 1380. The highest BCUT2D eigenvalue weighted by molar-refractivity contribution is 7.10. The van der Waals surface area contributed by atoms with Crippen molar-refractivity contribution in [3.8, 4) is 17.0 Å². The van der Waals surface area contributed by atoms with Crippen molar-refractivity contribution in [3.05, 3.63) is 73.8 Å². The van der Waals surface area contributed by atoms with Gasteiger partial charge in [0.15, 0.2) is 0 Å². The molecule has 0 aliphatic rings. The second kappa shape index (κ2) is 10.3. The zero-order valence-electron chi connectivity index (χ0n) is 20.1. The summed E-state index contributed by atoms with van der Waals surface area (Å²) in [6.45, 7) is 7.34. The summed E-state index contributed by atoms with van der Waals surface area (Å²) in [4.78, 5) is 27.1. The van der Waals surface area contributed by atoms with Gasteiger partial charge in [-0.25, -0.2) is 0 Å². The van der Waals surface area contributed by atoms with Gasteiger partial charge >= 0.3 is 0 Å². The molecule has 8 heteroatoms. The fourth-order valence-electron chi connectivity index (χ4n) is 4.31. The summed E-state index contributed by atoms with van der Waals surface area (Å²) in [5, 5.41) is 9.67. The van der Waals surface area contributed by atoms with E-state index in [1.165, 1.54) is 15.0 Å². The molecule has 0 aliphatic heterocycles. The standard InChI is InChI=1S/C26H30N4O3S/c1-5-29-18(3)19(10-11-24(31)27-14-12-23-17(2)13-15-34-23)26(32)30-25(29)16-21(28-30)20-8-6-7-9-22(20)33-4/h6-9,13,15-16H,5,10-12,14H2,1-4H3,(H,27,31). The average Bonchev–Trinajstić information content (AvgIpc) is 3.46. The summed E-state index contributed by atoms with van der Waals surface area (Å²) in [5.41, 5.74) is 4.80. The summed E-state index contributed by atoms with van der Waals surface area (Å²) in [6.07, 6.45) is 1.45. The van der Waals surface area contributed by atoms with Crippen LogP contribution in [0.15, 0.2) is 46.6 Å². The Hall–Kier alpha value is -3.39. The number of carbonyl (C=O) groups is 1. The Morgan fingerprint density at radius 1 is 1.18 bits per heavy atom. The fraction of sp³-hybridized carbons (Fsp3) is 0.346. The zero-order valence-corrected chi connectivity index (χ0v) is 20.9. The number of aromatic nitrogens is 3. The van der Waals surface area contributed by atoms with Gasteiger partial charge in [-0.3, -0.25) is 9.59 Å². The Balaban J connectivity index is 1.56. The van der Waals surface area contributed by atoms with Gasteiger partial charge < -0.3 is 14.6 Å². The minimum Gasteiger partial charge on any atom is -0.496 e. The molecule has 3 aromatic heterocycles. The van der Waals surface area contributed by atoms with E-state index in [-0.39, 0.29) is 17.9 Å². The molecule has 0 radical (unpaired) electrons. The normalized spacial score (nSPS) is 11.2. The third-order valence-electron chi connectivity index (χ3n) is 6.20. The van der Waals surface area contributed by atoms with Crippen molar-refractivity contribution in [3.63, 3.8) is 0 Å². The topological polar surface area (TPSA) is 77.6 Å². The van der Waals surface area contributed by atoms with E-state index in [0.717, 1.165) is 23.3 Å². The van der Waals surface area contributed by atoms with Gasteiger partial charge in [-0.05, 0) is 62.8 Å². The molecule has 178 valence electrons. The lowest BCUT2D eigenvalue weighted by Gasteiger charge is -2.14. The second-order valence-electron chi connectivity index (χ2n) is 8.24. The smallest absolute Gasteiger partial charge is 0.277 e. The maximum atomic E-state index is 13.4. The Labute approximate surface area is 203 Å². The van der Waals surface area contributed by atoms with Gasteiger partial charge in [-0.2, -0.15) is 9.61 Å². The summed E-state index contributed by atoms with van der Waals surface area (Å²) in [5.74, 6) is 0.652. The van der Waals surface area contributed by atoms with E-state index < -0.39 is 0 Å². The van der Waals surface area contributed by atoms with Crippen molar-refractivity contribution in [2.24, 2.45) is 0 Å². The Kier molecular flexibility index (Phi) is 7.17. The number of fused-ring (bicyclic) bond motifs is 1. The van der Waals surface area contributed by atoms with E-state index in [9.17, 15) is 9.59 Å². The highest BCUT2D eigenvalue weighted by Gasteiger charge is 2.18. The van der Waals surface area contributed by atoms with Crippen LogP contribution >= 0.6 is 11.3 Å². The minimum absolute atomic E-state index is 0.0497. The van der Waals surface area contributed by atoms with Gasteiger partial charge in [0, 0.05) is 47.3 Å². The van der Waals surface area contributed by atoms with Crippen LogP contribution in [-0.2, 0) is 24.2 Å². The van der Waals surface area contributed by atoms with Crippen molar-refractivity contribution < 1.29 is 9.53 Å². The van der Waals surface area contributed by atoms with Crippen molar-refractivity contribution in [2.45, 2.75) is 46.6 Å². The number of aryl methyl sites for hydroxylation is 2. The van der Waals surface area contributed by atoms with E-state index in [2.05, 4.69) is 33.4 Å². The molecule has 0 fully saturated rings. The first kappa shape index (κ1) is 23.8. The number of ether oxygens (including phenoxy) is 1. The zero-order chi connectivity index (χ0) is 24.2. The average molecular weight is 479 g/mol. The van der Waals surface area contributed by atoms with Crippen molar-refractivity contribution in [2.75, 3.05) is 13.7 Å². The molecule has 1 aromatic carbocycles. The van der Waals surface area contributed by atoms with Gasteiger partial charge in [0.1, 0.15) is 11.4 Å². The van der Waals surface area contributed by atoms with Crippen LogP contribution in [0.2, 0.25) is 0 Å². The summed E-state index contributed by atoms with van der Waals surface area (Å²) in [6, 6.07) is 11.6. The number of nitrogens with one attached hydrogen (secondary N) is 1. The molecule has 34 heavy (non-hydrogen) atoms. The predicted octanol–water partition coefficient (Wildman–Crippen LogP) is 4.16. The summed E-state index contributed by atoms with van der Waals surface area (Å²) >= 11 is 1.71. The van der Waals surface area contributed by atoms with Crippen LogP contribution in [0.1, 0.15) is 35.0 Å². The molecular weight excluding hydrogens is 448 g/mol. The van der Waals surface area contributed by atoms with Crippen LogP contribution in [-0.4, -0.2) is 33.7 Å². The van der Waals surface area contributed by atoms with Gasteiger partial charge in [0.2, 0.25) is 5.91 Å². The van der Waals surface area contributed by atoms with Crippen LogP contribution in [0, 0.1) is 13.8 Å². The van der Waals surface area contributed by atoms with Gasteiger partial charge in [0.25, 0.3) is 5.56 Å². The lowest BCUT2D eigenvalue weighted by atomic mass is 10.1. The highest BCUT2D eigenvalue weighted by atomic mass is 32.1. The molecule has 0 saturated carbocycles. The summed E-state index contributed by atoms with van der Waals surface area (Å²) < 4.78 is 9.00. The lowest BCUT2D eigenvalue weighted by molar-refractivity contribution is -0.121. The summed E-state index contributed by atoms with van der Waals surface area (Å²) in [7, 11) is 1.62. The number of para-hydroxylation sites is 1. The first-order valence-corrected chi connectivity index (χ1v) is 12.4. The molecule has 7 nitrogen and oxygen atoms in total. The number of methoxy groups -OCH3 is 1. The SMILES string of the molecule is CCn1c(C)c(CCC(=O)NCCc2sccc2C)c(=O)n2nc(-c3ccccc3OC)cc12. The van der Waals surface area contributed by atoms with Gasteiger partial charge in [-0.15, -0.1) is 11.3 Å². The molecule has 0 unspecified atom stereocenters. The molecule has 3 heterocycles. The maximum absolute atomic E-state index is 13.4. The quantitative estimate of drug-likeness (QED) is 0.392. The molecule has 0 bridgehead atoms. The van der Waals surface area contributed by atoms with E-state index in [1.807, 2.05) is 44.2 Å². The number of carbonyl (C=O) groups excluding carboxylic acids is 1. The van der Waals surface area contributed by atoms with Crippen LogP contribution < -0.4 is 15.6 Å². The molecule has 4 aromatic rings. The van der Waals surface area contributed by atoms with Crippen molar-refractivity contribution >= 4 is 22.9 Å². The van der Waals surface area contributed by atoms with Crippen LogP contribution in [0.25, 0.3) is 16.9 Å². The first-order chi connectivity index (χ1) is 16.4. The van der Waals surface area contributed by atoms with Crippen LogP contribution in [0.4, 0.5) is 0 Å². The van der Waals surface area contributed by atoms with E-state index >= 15 is 0 Å². The van der Waals surface area contributed by atoms with Gasteiger partial charge in [0.05, 0.1) is 12.8 Å². The largest absolute Gasteiger partial charge is 0.496 e. The number of hydrogen-bond acceptors (Lipinski definition) is 5. The minimum atomic E-state index is -0.180. The van der Waals surface area contributed by atoms with E-state index in [0.29, 0.717) is 36.5 Å². The second-order valence-corrected chi connectivity index (χ2v) is 9.24. The van der Waals surface area contributed by atoms with E-state index in [4.69, 9.17) is 4.74 Å². The van der Waals surface area contributed by atoms with Crippen LogP contribution in [0.5, 0.6) is 5.75 Å². The number of thiophene rings is 1. The number of rotatable bonds is 9. The third kappa shape index (κ3) is 4.63. The number of hydrogen-bond donors (Lipinski definition) is 1. The molecule has 1 N–H and O–H groups in total. The molecule has 4 rings (SSSR count). The van der Waals surface area contributed by atoms with E-state index in [1.54, 1.807) is 18.4 Å². The number of amides is 1. The number of nitrogens with zero attached hydrogens (tertiary/aromatic N) is 3. The fourth-order valence-corrected chi connectivity index (χ4v) is 5.22. The molecular formula is C26H30N4O3S. The first-order valence-electron chi connectivity index (χ1n) is 11.5. The van der Waals surface area contributed by atoms with Gasteiger partial charge in [-0.1, -0.05) is 12.1 Å². The number of benzene rings is 1. The monoisotopic (exact) mass is 478 g/mol. The highest BCUT2D eigenvalue weighted by Crippen LogP contribution is 2.29. The Morgan fingerprint density at radius 2 is 1.97 bits per heavy atom.